The van der Waals surface area contributed by atoms with Crippen molar-refractivity contribution in [3.8, 4) is 6.07 Å². The van der Waals surface area contributed by atoms with Crippen LogP contribution >= 0.6 is 0 Å². The summed E-state index contributed by atoms with van der Waals surface area (Å²) in [7, 11) is -3.50. The highest BCUT2D eigenvalue weighted by atomic mass is 32.2. The van der Waals surface area contributed by atoms with Crippen LogP contribution in [0.4, 0.5) is 0 Å². The van der Waals surface area contributed by atoms with Gasteiger partial charge in [0.2, 0.25) is 10.0 Å². The number of aliphatic hydroxyl groups excluding tert-OH is 1. The average Bonchev–Trinajstić information content (AvgIpc) is 3.31. The van der Waals surface area contributed by atoms with E-state index in [-0.39, 0.29) is 22.7 Å². The number of fused-ring (bicyclic) bond motifs is 1. The van der Waals surface area contributed by atoms with Gasteiger partial charge in [0.25, 0.3) is 0 Å². The Morgan fingerprint density at radius 1 is 1.11 bits per heavy atom. The first-order chi connectivity index (χ1) is 16.9. The zero-order valence-electron chi connectivity index (χ0n) is 19.1. The lowest BCUT2D eigenvalue weighted by molar-refractivity contribution is -0.143. The van der Waals surface area contributed by atoms with Gasteiger partial charge >= 0.3 is 5.97 Å². The van der Waals surface area contributed by atoms with Crippen molar-refractivity contribution in [2.75, 3.05) is 19.7 Å². The maximum absolute atomic E-state index is 12.7. The minimum absolute atomic E-state index is 0.0397. The molecule has 1 fully saturated rings. The Morgan fingerprint density at radius 3 is 2.51 bits per heavy atom. The number of imidazole rings is 1. The minimum atomic E-state index is -3.50. The molecule has 9 nitrogen and oxygen atoms in total. The number of aromatic nitrogens is 2. The molecule has 2 heterocycles. The van der Waals surface area contributed by atoms with Crippen molar-refractivity contribution in [1.29, 1.82) is 5.26 Å². The lowest BCUT2D eigenvalue weighted by Crippen LogP contribution is -2.35. The lowest BCUT2D eigenvalue weighted by atomic mass is 10.1. The zero-order chi connectivity index (χ0) is 24.8. The van der Waals surface area contributed by atoms with Crippen molar-refractivity contribution < 1.29 is 23.1 Å². The average molecular weight is 495 g/mol. The van der Waals surface area contributed by atoms with Crippen LogP contribution in [-0.4, -0.2) is 53.5 Å². The van der Waals surface area contributed by atoms with Crippen LogP contribution in [0, 0.1) is 11.3 Å². The summed E-state index contributed by atoms with van der Waals surface area (Å²) in [5.41, 5.74) is 2.06. The highest BCUT2D eigenvalue weighted by molar-refractivity contribution is 7.89. The summed E-state index contributed by atoms with van der Waals surface area (Å²) in [6.07, 6.45) is 3.18. The van der Waals surface area contributed by atoms with Crippen molar-refractivity contribution >= 4 is 32.6 Å². The molecule has 2 aromatic carbocycles. The van der Waals surface area contributed by atoms with Gasteiger partial charge in [-0.15, -0.1) is 0 Å². The Labute approximate surface area is 203 Å². The van der Waals surface area contributed by atoms with Gasteiger partial charge in [-0.25, -0.2) is 13.4 Å². The second-order valence-corrected chi connectivity index (χ2v) is 10.2. The molecular formula is C25H26N4O5S. The van der Waals surface area contributed by atoms with E-state index in [4.69, 9.17) is 4.74 Å². The van der Waals surface area contributed by atoms with E-state index in [1.807, 2.05) is 18.2 Å². The van der Waals surface area contributed by atoms with Crippen LogP contribution in [0.5, 0.6) is 0 Å². The number of hydrogen-bond donors (Lipinski definition) is 2. The van der Waals surface area contributed by atoms with Crippen LogP contribution in [0.1, 0.15) is 37.1 Å². The van der Waals surface area contributed by atoms with Crippen LogP contribution < -0.4 is 0 Å². The van der Waals surface area contributed by atoms with Crippen LogP contribution in [0.25, 0.3) is 16.6 Å². The molecule has 1 aliphatic heterocycles. The molecule has 0 unspecified atom stereocenters. The number of carbonyl (C=O) groups is 1. The molecule has 0 spiro atoms. The topological polar surface area (TPSA) is 136 Å². The second kappa shape index (κ2) is 10.7. The Balaban J connectivity index is 1.32. The molecule has 35 heavy (non-hydrogen) atoms. The molecule has 0 radical (unpaired) electrons. The molecule has 0 atom stereocenters. The highest BCUT2D eigenvalue weighted by Gasteiger charge is 2.25. The third-order valence-electron chi connectivity index (χ3n) is 5.89. The molecule has 3 aromatic rings. The number of esters is 1. The van der Waals surface area contributed by atoms with Crippen LogP contribution in [-0.2, 0) is 26.0 Å². The van der Waals surface area contributed by atoms with Crippen molar-refractivity contribution in [1.82, 2.24) is 14.3 Å². The fourth-order valence-corrected chi connectivity index (χ4v) is 5.46. The number of rotatable bonds is 8. The zero-order valence-corrected chi connectivity index (χ0v) is 19.9. The number of aliphatic hydroxyl groups is 1. The van der Waals surface area contributed by atoms with Gasteiger partial charge in [0, 0.05) is 19.5 Å². The van der Waals surface area contributed by atoms with E-state index in [2.05, 4.69) is 9.97 Å². The SMILES string of the molecule is N#CC(=C(O)COC(=O)CCc1ccc(S(=O)(=O)N2CCCCC2)cc1)c1nc2ccccc2[nH]1. The largest absolute Gasteiger partial charge is 0.507 e. The smallest absolute Gasteiger partial charge is 0.306 e. The monoisotopic (exact) mass is 494 g/mol. The van der Waals surface area contributed by atoms with E-state index in [1.54, 1.807) is 36.4 Å². The lowest BCUT2D eigenvalue weighted by Gasteiger charge is -2.25. The van der Waals surface area contributed by atoms with E-state index in [9.17, 15) is 23.6 Å². The standard InChI is InChI=1S/C25H26N4O5S/c26-16-20(25-27-21-6-2-3-7-22(21)28-25)23(30)17-34-24(31)13-10-18-8-11-19(12-9-18)35(32,33)29-14-4-1-5-15-29/h2-3,6-9,11-12,30H,1,4-5,10,13-15,17H2,(H,27,28). The van der Waals surface area contributed by atoms with Crippen molar-refractivity contribution in [2.45, 2.75) is 37.0 Å². The van der Waals surface area contributed by atoms with Gasteiger partial charge in [0.05, 0.1) is 15.9 Å². The van der Waals surface area contributed by atoms with Gasteiger partial charge in [0.15, 0.2) is 11.6 Å². The summed E-state index contributed by atoms with van der Waals surface area (Å²) in [6, 6.07) is 15.6. The normalized spacial score (nSPS) is 15.4. The molecule has 10 heteroatoms. The summed E-state index contributed by atoms with van der Waals surface area (Å²) < 4.78 is 32.1. The first-order valence-electron chi connectivity index (χ1n) is 11.4. The quantitative estimate of drug-likeness (QED) is 0.277. The summed E-state index contributed by atoms with van der Waals surface area (Å²) in [6.45, 7) is 0.633. The maximum Gasteiger partial charge on any atom is 0.306 e. The van der Waals surface area contributed by atoms with Crippen LogP contribution in [0.2, 0.25) is 0 Å². The predicted molar refractivity (Wildman–Crippen MR) is 130 cm³/mol. The number of hydrogen-bond acceptors (Lipinski definition) is 7. The molecule has 0 amide bonds. The molecule has 0 aliphatic carbocycles. The first kappa shape index (κ1) is 24.4. The molecule has 4 rings (SSSR count). The fraction of sp³-hybridized carbons (Fsp3) is 0.320. The third kappa shape index (κ3) is 5.70. The number of aryl methyl sites for hydroxylation is 1. The number of H-pyrrole nitrogens is 1. The van der Waals surface area contributed by atoms with Crippen LogP contribution in [0.15, 0.2) is 59.2 Å². The molecule has 1 aromatic heterocycles. The second-order valence-electron chi connectivity index (χ2n) is 8.31. The summed E-state index contributed by atoms with van der Waals surface area (Å²) >= 11 is 0. The Bertz CT molecular complexity index is 1350. The predicted octanol–water partition coefficient (Wildman–Crippen LogP) is 3.71. The molecule has 1 aliphatic rings. The third-order valence-corrected chi connectivity index (χ3v) is 7.80. The number of nitriles is 1. The molecule has 1 saturated heterocycles. The van der Waals surface area contributed by atoms with Gasteiger partial charge in [-0.3, -0.25) is 4.79 Å². The number of nitrogens with one attached hydrogen (secondary N) is 1. The number of aromatic amines is 1. The van der Waals surface area contributed by atoms with Crippen molar-refractivity contribution in [3.05, 3.63) is 65.7 Å². The minimum Gasteiger partial charge on any atom is -0.507 e. The number of piperidine rings is 1. The van der Waals surface area contributed by atoms with Gasteiger partial charge in [-0.05, 0) is 49.1 Å². The number of nitrogens with zero attached hydrogens (tertiary/aromatic N) is 3. The van der Waals surface area contributed by atoms with E-state index in [0.29, 0.717) is 25.0 Å². The van der Waals surface area contributed by atoms with Crippen molar-refractivity contribution in [2.24, 2.45) is 0 Å². The summed E-state index contributed by atoms with van der Waals surface area (Å²) in [5, 5.41) is 19.7. The van der Waals surface area contributed by atoms with Gasteiger partial charge < -0.3 is 14.8 Å². The molecular weight excluding hydrogens is 468 g/mol. The van der Waals surface area contributed by atoms with Gasteiger partial charge in [0.1, 0.15) is 18.2 Å². The number of ether oxygens (including phenoxy) is 1. The van der Waals surface area contributed by atoms with E-state index in [1.165, 1.54) is 4.31 Å². The fourth-order valence-electron chi connectivity index (χ4n) is 3.95. The Kier molecular flexibility index (Phi) is 7.48. The Morgan fingerprint density at radius 2 is 1.83 bits per heavy atom. The number of benzene rings is 2. The van der Waals surface area contributed by atoms with E-state index in [0.717, 1.165) is 30.3 Å². The summed E-state index contributed by atoms with van der Waals surface area (Å²) in [4.78, 5) is 19.7. The molecule has 2 N–H and O–H groups in total. The van der Waals surface area contributed by atoms with Gasteiger partial charge in [-0.1, -0.05) is 30.7 Å². The molecule has 0 bridgehead atoms. The Hall–Kier alpha value is -3.68. The number of para-hydroxylation sites is 2. The van der Waals surface area contributed by atoms with Crippen LogP contribution in [0.3, 0.4) is 0 Å². The highest BCUT2D eigenvalue weighted by Crippen LogP contribution is 2.22. The van der Waals surface area contributed by atoms with Crippen molar-refractivity contribution in [3.63, 3.8) is 0 Å². The maximum atomic E-state index is 12.7. The molecule has 0 saturated carbocycles. The van der Waals surface area contributed by atoms with E-state index >= 15 is 0 Å². The number of allylic oxidation sites excluding steroid dienone is 1. The van der Waals surface area contributed by atoms with E-state index < -0.39 is 28.4 Å². The molecule has 182 valence electrons. The number of sulfonamides is 1. The van der Waals surface area contributed by atoms with Gasteiger partial charge in [-0.2, -0.15) is 9.57 Å². The number of carbonyl (C=O) groups excluding carboxylic acids is 1. The summed E-state index contributed by atoms with van der Waals surface area (Å²) in [5.74, 6) is -0.752. The first-order valence-corrected chi connectivity index (χ1v) is 12.8.